The van der Waals surface area contributed by atoms with Crippen molar-refractivity contribution in [2.24, 2.45) is 0 Å². The van der Waals surface area contributed by atoms with E-state index in [9.17, 15) is 9.18 Å². The first-order valence-corrected chi connectivity index (χ1v) is 12.4. The summed E-state index contributed by atoms with van der Waals surface area (Å²) in [4.78, 5) is 19.1. The molecule has 1 fully saturated rings. The fourth-order valence-corrected chi connectivity index (χ4v) is 5.11. The van der Waals surface area contributed by atoms with Gasteiger partial charge >= 0.3 is 0 Å². The number of halogens is 1. The van der Waals surface area contributed by atoms with Gasteiger partial charge in [0.25, 0.3) is 0 Å². The van der Waals surface area contributed by atoms with Gasteiger partial charge in [-0.2, -0.15) is 0 Å². The Balaban J connectivity index is 1.34. The summed E-state index contributed by atoms with van der Waals surface area (Å²) in [5.74, 6) is 0.690. The molecule has 8 heteroatoms. The van der Waals surface area contributed by atoms with Gasteiger partial charge < -0.3 is 9.47 Å². The molecule has 0 bridgehead atoms. The molecule has 0 spiro atoms. The van der Waals surface area contributed by atoms with Crippen molar-refractivity contribution in [1.82, 2.24) is 24.6 Å². The topological polar surface area (TPSA) is 63.9 Å². The minimum absolute atomic E-state index is 0.245. The SMILES string of the molecule is O=C(CCCSc1nnc2c3cc(F)ccc3n(Cc3ccccc3)c2n1)N1CCCCC1. The number of benzene rings is 2. The number of fused-ring (bicyclic) bond motifs is 3. The van der Waals surface area contributed by atoms with Crippen molar-refractivity contribution >= 4 is 39.7 Å². The molecule has 33 heavy (non-hydrogen) atoms. The van der Waals surface area contributed by atoms with Gasteiger partial charge in [-0.15, -0.1) is 10.2 Å². The monoisotopic (exact) mass is 463 g/mol. The number of carbonyl (C=O) groups is 1. The van der Waals surface area contributed by atoms with E-state index in [0.29, 0.717) is 34.7 Å². The maximum atomic E-state index is 14.0. The quantitative estimate of drug-likeness (QED) is 0.283. The first-order valence-electron chi connectivity index (χ1n) is 11.5. The van der Waals surface area contributed by atoms with Crippen LogP contribution >= 0.6 is 11.8 Å². The van der Waals surface area contributed by atoms with E-state index in [1.54, 1.807) is 6.07 Å². The summed E-state index contributed by atoms with van der Waals surface area (Å²) in [6.45, 7) is 2.39. The average molecular weight is 464 g/mol. The van der Waals surface area contributed by atoms with E-state index in [2.05, 4.69) is 26.9 Å². The highest BCUT2D eigenvalue weighted by Gasteiger charge is 2.18. The molecule has 1 amide bonds. The van der Waals surface area contributed by atoms with Gasteiger partial charge in [0.1, 0.15) is 11.3 Å². The standard InChI is InChI=1S/C25H26FN5OS/c26-19-11-12-21-20(16-19)23-24(31(21)17-18-8-3-1-4-9-18)27-25(29-28-23)33-15-7-10-22(32)30-13-5-2-6-14-30/h1,3-4,8-9,11-12,16H,2,5-7,10,13-15,17H2. The van der Waals surface area contributed by atoms with Gasteiger partial charge in [0.05, 0.1) is 5.52 Å². The Labute approximate surface area is 196 Å². The lowest BCUT2D eigenvalue weighted by Gasteiger charge is -2.26. The maximum Gasteiger partial charge on any atom is 0.222 e. The Hall–Kier alpha value is -3.00. The van der Waals surface area contributed by atoms with Gasteiger partial charge in [0.15, 0.2) is 5.65 Å². The molecule has 1 saturated heterocycles. The maximum absolute atomic E-state index is 14.0. The third kappa shape index (κ3) is 4.85. The predicted octanol–water partition coefficient (Wildman–Crippen LogP) is 5.05. The van der Waals surface area contributed by atoms with E-state index in [1.807, 2.05) is 23.1 Å². The molecule has 2 aromatic heterocycles. The summed E-state index contributed by atoms with van der Waals surface area (Å²) < 4.78 is 16.0. The number of likely N-dealkylation sites (tertiary alicyclic amines) is 1. The van der Waals surface area contributed by atoms with Crippen molar-refractivity contribution in [3.63, 3.8) is 0 Å². The fraction of sp³-hybridized carbons (Fsp3) is 0.360. The molecule has 5 rings (SSSR count). The lowest BCUT2D eigenvalue weighted by atomic mass is 10.1. The Morgan fingerprint density at radius 3 is 2.67 bits per heavy atom. The van der Waals surface area contributed by atoms with Crippen LogP contribution in [-0.2, 0) is 11.3 Å². The minimum Gasteiger partial charge on any atom is -0.343 e. The van der Waals surface area contributed by atoms with Gasteiger partial charge in [-0.25, -0.2) is 9.37 Å². The van der Waals surface area contributed by atoms with Crippen molar-refractivity contribution in [3.8, 4) is 0 Å². The predicted molar refractivity (Wildman–Crippen MR) is 129 cm³/mol. The normalized spacial score (nSPS) is 14.3. The van der Waals surface area contributed by atoms with Crippen LogP contribution in [0, 0.1) is 5.82 Å². The molecule has 0 radical (unpaired) electrons. The number of hydrogen-bond acceptors (Lipinski definition) is 5. The number of rotatable bonds is 7. The number of hydrogen-bond donors (Lipinski definition) is 0. The van der Waals surface area contributed by atoms with Crippen LogP contribution in [0.4, 0.5) is 4.39 Å². The van der Waals surface area contributed by atoms with Crippen LogP contribution in [0.2, 0.25) is 0 Å². The zero-order valence-electron chi connectivity index (χ0n) is 18.4. The third-order valence-electron chi connectivity index (χ3n) is 6.07. The largest absolute Gasteiger partial charge is 0.343 e. The van der Waals surface area contributed by atoms with Crippen molar-refractivity contribution in [3.05, 3.63) is 59.9 Å². The number of aromatic nitrogens is 4. The van der Waals surface area contributed by atoms with E-state index in [-0.39, 0.29) is 11.7 Å². The van der Waals surface area contributed by atoms with Gasteiger partial charge in [0.2, 0.25) is 11.1 Å². The van der Waals surface area contributed by atoms with Crippen LogP contribution in [0.15, 0.2) is 53.7 Å². The summed E-state index contributed by atoms with van der Waals surface area (Å²) in [5, 5.41) is 9.98. The Morgan fingerprint density at radius 2 is 1.85 bits per heavy atom. The highest BCUT2D eigenvalue weighted by atomic mass is 32.2. The molecule has 1 aliphatic heterocycles. The van der Waals surface area contributed by atoms with Gasteiger partial charge in [-0.05, 0) is 49.4 Å². The van der Waals surface area contributed by atoms with Crippen LogP contribution in [0.1, 0.15) is 37.7 Å². The lowest BCUT2D eigenvalue weighted by molar-refractivity contribution is -0.132. The highest BCUT2D eigenvalue weighted by Crippen LogP contribution is 2.29. The van der Waals surface area contributed by atoms with Crippen molar-refractivity contribution in [1.29, 1.82) is 0 Å². The molecular formula is C25H26FN5OS. The Bertz CT molecular complexity index is 1270. The smallest absolute Gasteiger partial charge is 0.222 e. The summed E-state index contributed by atoms with van der Waals surface area (Å²) in [6.07, 6.45) is 4.78. The fourth-order valence-electron chi connectivity index (χ4n) is 4.39. The molecule has 3 heterocycles. The third-order valence-corrected chi connectivity index (χ3v) is 6.99. The van der Waals surface area contributed by atoms with E-state index >= 15 is 0 Å². The molecule has 0 unspecified atom stereocenters. The van der Waals surface area contributed by atoms with E-state index in [0.717, 1.165) is 49.2 Å². The minimum atomic E-state index is -0.306. The zero-order chi connectivity index (χ0) is 22.6. The first kappa shape index (κ1) is 21.8. The number of carbonyl (C=O) groups excluding carboxylic acids is 1. The Kier molecular flexibility index (Phi) is 6.53. The molecule has 170 valence electrons. The zero-order valence-corrected chi connectivity index (χ0v) is 19.2. The molecule has 0 aliphatic carbocycles. The van der Waals surface area contributed by atoms with Gasteiger partial charge in [-0.3, -0.25) is 4.79 Å². The molecule has 1 aliphatic rings. The second-order valence-corrected chi connectivity index (χ2v) is 9.46. The summed E-state index contributed by atoms with van der Waals surface area (Å²) in [6, 6.07) is 14.8. The number of nitrogens with zero attached hydrogens (tertiary/aromatic N) is 5. The number of thioether (sulfide) groups is 1. The second-order valence-electron chi connectivity index (χ2n) is 8.39. The van der Waals surface area contributed by atoms with E-state index < -0.39 is 0 Å². The highest BCUT2D eigenvalue weighted by molar-refractivity contribution is 7.99. The lowest BCUT2D eigenvalue weighted by Crippen LogP contribution is -2.35. The summed E-state index contributed by atoms with van der Waals surface area (Å²) in [7, 11) is 0. The van der Waals surface area contributed by atoms with E-state index in [4.69, 9.17) is 4.98 Å². The average Bonchev–Trinajstić information content (AvgIpc) is 3.15. The first-order chi connectivity index (χ1) is 16.2. The van der Waals surface area contributed by atoms with E-state index in [1.165, 1.54) is 30.3 Å². The Morgan fingerprint density at radius 1 is 1.03 bits per heavy atom. The molecule has 6 nitrogen and oxygen atoms in total. The van der Waals surface area contributed by atoms with Crippen molar-refractivity contribution in [2.75, 3.05) is 18.8 Å². The molecule has 0 atom stereocenters. The van der Waals surface area contributed by atoms with Crippen molar-refractivity contribution in [2.45, 2.75) is 43.8 Å². The van der Waals surface area contributed by atoms with Crippen LogP contribution in [0.25, 0.3) is 22.1 Å². The number of amides is 1. The van der Waals surface area contributed by atoms with Gasteiger partial charge in [0, 0.05) is 37.2 Å². The molecular weight excluding hydrogens is 437 g/mol. The van der Waals surface area contributed by atoms with Crippen LogP contribution in [0.3, 0.4) is 0 Å². The van der Waals surface area contributed by atoms with Gasteiger partial charge in [-0.1, -0.05) is 42.1 Å². The molecule has 2 aromatic carbocycles. The molecule has 0 N–H and O–H groups in total. The summed E-state index contributed by atoms with van der Waals surface area (Å²) >= 11 is 1.51. The van der Waals surface area contributed by atoms with Crippen LogP contribution in [-0.4, -0.2) is 49.4 Å². The number of piperidine rings is 1. The molecule has 4 aromatic rings. The molecule has 0 saturated carbocycles. The van der Waals surface area contributed by atoms with Crippen LogP contribution in [0.5, 0.6) is 0 Å². The summed E-state index contributed by atoms with van der Waals surface area (Å²) in [5.41, 5.74) is 3.31. The van der Waals surface area contributed by atoms with Crippen LogP contribution < -0.4 is 0 Å². The van der Waals surface area contributed by atoms with Crippen molar-refractivity contribution < 1.29 is 9.18 Å². The second kappa shape index (κ2) is 9.87.